The van der Waals surface area contributed by atoms with Crippen molar-refractivity contribution in [2.24, 2.45) is 0 Å². The number of carbonyl (C=O) groups is 2. The maximum Gasteiger partial charge on any atom is 0.411 e. The molecule has 0 spiro atoms. The van der Waals surface area contributed by atoms with Crippen LogP contribution in [0.4, 0.5) is 4.79 Å². The van der Waals surface area contributed by atoms with Gasteiger partial charge < -0.3 is 9.84 Å². The largest absolute Gasteiger partial charge is 0.480 e. The Kier molecular flexibility index (Phi) is 12.8. The van der Waals surface area contributed by atoms with Gasteiger partial charge in [-0.1, -0.05) is 114 Å². The second-order valence-electron chi connectivity index (χ2n) is 8.73. The zero-order chi connectivity index (χ0) is 27.1. The van der Waals surface area contributed by atoms with E-state index in [2.05, 4.69) is 24.3 Å². The first-order valence-corrected chi connectivity index (χ1v) is 17.6. The van der Waals surface area contributed by atoms with Gasteiger partial charge in [0.15, 0.2) is 0 Å². The van der Waals surface area contributed by atoms with E-state index in [-0.39, 0.29) is 12.9 Å². The highest BCUT2D eigenvalue weighted by Gasteiger charge is 2.31. The first-order valence-electron chi connectivity index (χ1n) is 12.6. The number of aryl methyl sites for hydroxylation is 2. The van der Waals surface area contributed by atoms with Crippen molar-refractivity contribution in [1.82, 2.24) is 4.90 Å². The molecule has 1 amide bonds. The monoisotopic (exact) mass is 571 g/mol. The van der Waals surface area contributed by atoms with E-state index >= 15 is 0 Å². The summed E-state index contributed by atoms with van der Waals surface area (Å²) in [5.74, 6) is 0.131. The molecule has 0 saturated heterocycles. The normalized spacial score (nSPS) is 11.2. The molecule has 0 aromatic heterocycles. The Morgan fingerprint density at radius 2 is 1.18 bits per heavy atom. The van der Waals surface area contributed by atoms with Crippen LogP contribution < -0.4 is 0 Å². The predicted molar refractivity (Wildman–Crippen MR) is 158 cm³/mol. The number of ether oxygens (including phenoxy) is 1. The quantitative estimate of drug-likeness (QED) is 0.140. The molecule has 0 aliphatic rings. The molecule has 3 aromatic carbocycles. The van der Waals surface area contributed by atoms with Crippen LogP contribution in [0, 0.1) is 0 Å². The van der Waals surface area contributed by atoms with Crippen LogP contribution in [-0.2, 0) is 33.5 Å². The van der Waals surface area contributed by atoms with Crippen molar-refractivity contribution in [2.75, 3.05) is 24.3 Å². The molecule has 0 atom stereocenters. The lowest BCUT2D eigenvalue weighted by atomic mass is 10.1. The van der Waals surface area contributed by atoms with E-state index in [1.54, 1.807) is 0 Å². The second kappa shape index (κ2) is 16.3. The molecular formula is C29H34NO5PS2. The maximum absolute atomic E-state index is 14.1. The molecule has 0 fully saturated rings. The van der Waals surface area contributed by atoms with Gasteiger partial charge >= 0.3 is 12.1 Å². The van der Waals surface area contributed by atoms with Gasteiger partial charge in [0.05, 0.1) is 6.29 Å². The van der Waals surface area contributed by atoms with E-state index in [1.807, 2.05) is 66.7 Å². The fraction of sp³-hybridized carbons (Fsp3) is 0.310. The van der Waals surface area contributed by atoms with Gasteiger partial charge in [-0.05, 0) is 42.4 Å². The molecule has 3 rings (SSSR count). The second-order valence-corrected chi connectivity index (χ2v) is 17.3. The molecule has 0 heterocycles. The third kappa shape index (κ3) is 11.4. The highest BCUT2D eigenvalue weighted by atomic mass is 33.1. The molecule has 0 bridgehead atoms. The van der Waals surface area contributed by atoms with Crippen LogP contribution in [0.5, 0.6) is 0 Å². The third-order valence-electron chi connectivity index (χ3n) is 5.61. The van der Waals surface area contributed by atoms with Crippen molar-refractivity contribution in [2.45, 2.75) is 32.3 Å². The number of aliphatic carboxylic acids is 1. The number of amides is 1. The number of rotatable bonds is 16. The molecule has 0 radical (unpaired) electrons. The third-order valence-corrected chi connectivity index (χ3v) is 14.1. The first kappa shape index (κ1) is 29.9. The van der Waals surface area contributed by atoms with E-state index in [0.717, 1.165) is 36.1 Å². The molecule has 1 N–H and O–H groups in total. The van der Waals surface area contributed by atoms with E-state index in [1.165, 1.54) is 33.9 Å². The average molecular weight is 572 g/mol. The lowest BCUT2D eigenvalue weighted by Crippen LogP contribution is -2.36. The molecule has 6 nitrogen and oxygen atoms in total. The zero-order valence-electron chi connectivity index (χ0n) is 21.3. The van der Waals surface area contributed by atoms with Crippen molar-refractivity contribution in [1.29, 1.82) is 0 Å². The number of carbonyl (C=O) groups excluding carboxylic acids is 1. The topological polar surface area (TPSA) is 83.9 Å². The van der Waals surface area contributed by atoms with Gasteiger partial charge in [-0.25, -0.2) is 4.79 Å². The number of hydrogen-bond acceptors (Lipinski definition) is 6. The smallest absolute Gasteiger partial charge is 0.411 e. The maximum atomic E-state index is 14.1. The summed E-state index contributed by atoms with van der Waals surface area (Å²) in [4.78, 5) is 25.5. The summed E-state index contributed by atoms with van der Waals surface area (Å²) in [6.07, 6.45) is 2.47. The van der Waals surface area contributed by atoms with Gasteiger partial charge in [-0.2, -0.15) is 0 Å². The van der Waals surface area contributed by atoms with Gasteiger partial charge in [0.1, 0.15) is 13.2 Å². The molecule has 202 valence electrons. The van der Waals surface area contributed by atoms with Crippen LogP contribution in [0.3, 0.4) is 0 Å². The Morgan fingerprint density at radius 3 is 1.63 bits per heavy atom. The molecule has 3 aromatic rings. The number of hydrogen-bond donors (Lipinski definition) is 1. The van der Waals surface area contributed by atoms with Crippen molar-refractivity contribution in [3.63, 3.8) is 0 Å². The van der Waals surface area contributed by atoms with Crippen LogP contribution in [-0.4, -0.2) is 46.4 Å². The average Bonchev–Trinajstić information content (AvgIpc) is 2.93. The van der Waals surface area contributed by atoms with Gasteiger partial charge in [-0.3, -0.25) is 14.3 Å². The summed E-state index contributed by atoms with van der Waals surface area (Å²) in [6, 6.07) is 29.4. The summed E-state index contributed by atoms with van der Waals surface area (Å²) in [5, 5.41) is 9.44. The van der Waals surface area contributed by atoms with E-state index in [4.69, 9.17) is 4.74 Å². The summed E-state index contributed by atoms with van der Waals surface area (Å²) >= 11 is 2.71. The van der Waals surface area contributed by atoms with Gasteiger partial charge in [0, 0.05) is 11.5 Å². The Hall–Kier alpha value is -2.67. The van der Waals surface area contributed by atoms with E-state index < -0.39 is 24.2 Å². The number of nitrogens with zero attached hydrogens (tertiary/aromatic N) is 1. The van der Waals surface area contributed by atoms with Crippen molar-refractivity contribution < 1.29 is 24.0 Å². The summed E-state index contributed by atoms with van der Waals surface area (Å²) in [7, 11) is 0. The standard InChI is InChI=1S/C29H34NO5PS2/c31-28(32)22-30(29(33)35-23-27-16-8-3-9-17-27)24-36(34,37-20-10-18-25-12-4-1-5-13-25)38-21-11-19-26-14-6-2-7-15-26/h1-9,12-17H,10-11,18-24H2,(H,31,32). The van der Waals surface area contributed by atoms with Crippen LogP contribution >= 0.6 is 28.3 Å². The predicted octanol–water partition coefficient (Wildman–Crippen LogP) is 7.59. The lowest BCUT2D eigenvalue weighted by Gasteiger charge is -2.25. The molecule has 9 heteroatoms. The van der Waals surface area contributed by atoms with Crippen LogP contribution in [0.15, 0.2) is 91.0 Å². The Labute approximate surface area is 233 Å². The Balaban J connectivity index is 1.62. The summed E-state index contributed by atoms with van der Waals surface area (Å²) < 4.78 is 19.5. The summed E-state index contributed by atoms with van der Waals surface area (Å²) in [5.41, 5.74) is 0.204. The molecule has 0 unspecified atom stereocenters. The minimum atomic E-state index is -3.03. The summed E-state index contributed by atoms with van der Waals surface area (Å²) in [6.45, 7) is -0.540. The lowest BCUT2D eigenvalue weighted by molar-refractivity contribution is -0.137. The van der Waals surface area contributed by atoms with Gasteiger partial charge in [0.2, 0.25) is 5.55 Å². The van der Waals surface area contributed by atoms with Crippen LogP contribution in [0.2, 0.25) is 0 Å². The molecule has 0 aliphatic carbocycles. The van der Waals surface area contributed by atoms with Gasteiger partial charge in [0.25, 0.3) is 0 Å². The first-order chi connectivity index (χ1) is 18.4. The molecule has 0 aliphatic heterocycles. The van der Waals surface area contributed by atoms with E-state index in [9.17, 15) is 19.3 Å². The Morgan fingerprint density at radius 1 is 0.737 bits per heavy atom. The highest BCUT2D eigenvalue weighted by Crippen LogP contribution is 2.69. The number of benzene rings is 3. The van der Waals surface area contributed by atoms with Crippen LogP contribution in [0.1, 0.15) is 29.5 Å². The van der Waals surface area contributed by atoms with E-state index in [0.29, 0.717) is 11.5 Å². The molecule has 38 heavy (non-hydrogen) atoms. The SMILES string of the molecule is O=C(O)CN(CP(=O)(SCCCc1ccccc1)SCCCc1ccccc1)C(=O)OCc1ccccc1. The molecule has 0 saturated carbocycles. The zero-order valence-corrected chi connectivity index (χ0v) is 23.8. The van der Waals surface area contributed by atoms with Crippen LogP contribution in [0.25, 0.3) is 0 Å². The Bertz CT molecular complexity index is 1110. The fourth-order valence-corrected chi connectivity index (χ4v) is 11.7. The van der Waals surface area contributed by atoms with Crippen molar-refractivity contribution in [3.05, 3.63) is 108 Å². The van der Waals surface area contributed by atoms with Crippen molar-refractivity contribution >= 4 is 40.4 Å². The highest BCUT2D eigenvalue weighted by molar-refractivity contribution is 8.90. The fourth-order valence-electron chi connectivity index (χ4n) is 3.72. The molecular weight excluding hydrogens is 537 g/mol. The minimum absolute atomic E-state index is 0.0224. The van der Waals surface area contributed by atoms with Crippen molar-refractivity contribution in [3.8, 4) is 0 Å². The minimum Gasteiger partial charge on any atom is -0.480 e. The number of carboxylic acids is 1. The number of carboxylic acid groups (broad SMARTS) is 1. The van der Waals surface area contributed by atoms with Gasteiger partial charge in [-0.15, -0.1) is 0 Å².